The van der Waals surface area contributed by atoms with Gasteiger partial charge in [0, 0.05) is 17.7 Å². The third-order valence-corrected chi connectivity index (χ3v) is 4.34. The molecule has 0 radical (unpaired) electrons. The van der Waals surface area contributed by atoms with Crippen molar-refractivity contribution in [3.63, 3.8) is 0 Å². The Hall–Kier alpha value is -4.01. The molecule has 154 valence electrons. The highest BCUT2D eigenvalue weighted by Gasteiger charge is 2.18. The van der Waals surface area contributed by atoms with Crippen LogP contribution in [-0.4, -0.2) is 33.9 Å². The SMILES string of the molecule is C[C@@H](OC(=O)CCc1nc2ccccc2c(=O)[nH]1)C(=O)Nc1ccc(C(N)=O)cc1. The van der Waals surface area contributed by atoms with Gasteiger partial charge in [0.2, 0.25) is 5.91 Å². The number of nitrogens with two attached hydrogens (primary N) is 1. The molecule has 1 heterocycles. The summed E-state index contributed by atoms with van der Waals surface area (Å²) in [5.74, 6) is -1.33. The van der Waals surface area contributed by atoms with Gasteiger partial charge in [-0.1, -0.05) is 12.1 Å². The number of carbonyl (C=O) groups is 3. The molecule has 1 aromatic heterocycles. The van der Waals surface area contributed by atoms with Crippen LogP contribution in [0.3, 0.4) is 0 Å². The lowest BCUT2D eigenvalue weighted by Crippen LogP contribution is -2.30. The van der Waals surface area contributed by atoms with Crippen molar-refractivity contribution in [3.8, 4) is 0 Å². The number of fused-ring (bicyclic) bond motifs is 1. The van der Waals surface area contributed by atoms with Gasteiger partial charge < -0.3 is 20.8 Å². The standard InChI is InChI=1S/C21H20N4O5/c1-12(20(28)23-14-8-6-13(7-9-14)19(22)27)30-18(26)11-10-17-24-16-5-3-2-4-15(16)21(29)25-17/h2-9,12H,10-11H2,1H3,(H2,22,27)(H,23,28)(H,24,25,29)/t12-/m1/s1. The van der Waals surface area contributed by atoms with E-state index in [1.54, 1.807) is 24.3 Å². The molecule has 0 unspecified atom stereocenters. The molecule has 0 aliphatic rings. The van der Waals surface area contributed by atoms with Gasteiger partial charge in [0.1, 0.15) is 5.82 Å². The lowest BCUT2D eigenvalue weighted by atomic mass is 10.2. The first kappa shape index (κ1) is 20.7. The molecule has 9 nitrogen and oxygen atoms in total. The number of para-hydroxylation sites is 1. The normalized spacial score (nSPS) is 11.6. The average molecular weight is 408 g/mol. The zero-order valence-corrected chi connectivity index (χ0v) is 16.2. The number of aromatic amines is 1. The number of hydrogen-bond donors (Lipinski definition) is 3. The number of amides is 2. The molecule has 0 saturated carbocycles. The van der Waals surface area contributed by atoms with Gasteiger partial charge in [-0.15, -0.1) is 0 Å². The molecule has 0 fully saturated rings. The van der Waals surface area contributed by atoms with E-state index in [9.17, 15) is 19.2 Å². The molecule has 2 amide bonds. The fourth-order valence-corrected chi connectivity index (χ4v) is 2.75. The number of anilines is 1. The smallest absolute Gasteiger partial charge is 0.307 e. The van der Waals surface area contributed by atoms with Crippen molar-refractivity contribution < 1.29 is 19.1 Å². The Morgan fingerprint density at radius 3 is 2.53 bits per heavy atom. The van der Waals surface area contributed by atoms with Gasteiger partial charge in [0.05, 0.1) is 17.3 Å². The largest absolute Gasteiger partial charge is 0.453 e. The summed E-state index contributed by atoms with van der Waals surface area (Å²) in [6.07, 6.45) is -0.912. The van der Waals surface area contributed by atoms with Crippen LogP contribution in [0.2, 0.25) is 0 Å². The number of hydrogen-bond acceptors (Lipinski definition) is 6. The Bertz CT molecular complexity index is 1150. The minimum absolute atomic E-state index is 0.0494. The summed E-state index contributed by atoms with van der Waals surface area (Å²) in [6, 6.07) is 12.9. The summed E-state index contributed by atoms with van der Waals surface area (Å²) in [7, 11) is 0. The highest BCUT2D eigenvalue weighted by Crippen LogP contribution is 2.11. The highest BCUT2D eigenvalue weighted by molar-refractivity contribution is 5.96. The van der Waals surface area contributed by atoms with Crippen LogP contribution < -0.4 is 16.6 Å². The number of primary amides is 1. The average Bonchev–Trinajstić information content (AvgIpc) is 2.72. The predicted octanol–water partition coefficient (Wildman–Crippen LogP) is 1.52. The van der Waals surface area contributed by atoms with Crippen LogP contribution >= 0.6 is 0 Å². The summed E-state index contributed by atoms with van der Waals surface area (Å²) < 4.78 is 5.14. The second-order valence-electron chi connectivity index (χ2n) is 6.59. The molecule has 30 heavy (non-hydrogen) atoms. The van der Waals surface area contributed by atoms with E-state index in [1.165, 1.54) is 31.2 Å². The number of benzene rings is 2. The minimum atomic E-state index is -1.03. The van der Waals surface area contributed by atoms with Crippen molar-refractivity contribution in [1.82, 2.24) is 9.97 Å². The fraction of sp³-hybridized carbons (Fsp3) is 0.190. The zero-order valence-electron chi connectivity index (χ0n) is 16.2. The maximum atomic E-state index is 12.2. The van der Waals surface area contributed by atoms with Crippen molar-refractivity contribution in [1.29, 1.82) is 0 Å². The zero-order chi connectivity index (χ0) is 21.7. The summed E-state index contributed by atoms with van der Waals surface area (Å²) >= 11 is 0. The van der Waals surface area contributed by atoms with Crippen molar-refractivity contribution >= 4 is 34.4 Å². The van der Waals surface area contributed by atoms with E-state index in [1.807, 2.05) is 0 Å². The van der Waals surface area contributed by atoms with Crippen molar-refractivity contribution in [2.75, 3.05) is 5.32 Å². The van der Waals surface area contributed by atoms with Crippen LogP contribution in [-0.2, 0) is 20.7 Å². The van der Waals surface area contributed by atoms with Crippen LogP contribution in [0.15, 0.2) is 53.3 Å². The number of carbonyl (C=O) groups excluding carboxylic acids is 3. The van der Waals surface area contributed by atoms with Gasteiger partial charge in [-0.25, -0.2) is 4.98 Å². The van der Waals surface area contributed by atoms with Gasteiger partial charge in [0.15, 0.2) is 6.10 Å². The number of rotatable bonds is 7. The van der Waals surface area contributed by atoms with E-state index in [0.717, 1.165) is 0 Å². The maximum Gasteiger partial charge on any atom is 0.307 e. The molecular weight excluding hydrogens is 388 g/mol. The maximum absolute atomic E-state index is 12.2. The first-order valence-electron chi connectivity index (χ1n) is 9.21. The second kappa shape index (κ2) is 8.99. The molecule has 1 atom stereocenters. The molecular formula is C21H20N4O5. The van der Waals surface area contributed by atoms with Crippen LogP contribution in [0, 0.1) is 0 Å². The Morgan fingerprint density at radius 2 is 1.83 bits per heavy atom. The van der Waals surface area contributed by atoms with Crippen molar-refractivity contribution in [2.24, 2.45) is 5.73 Å². The Balaban J connectivity index is 1.53. The van der Waals surface area contributed by atoms with Crippen LogP contribution in [0.25, 0.3) is 10.9 Å². The predicted molar refractivity (Wildman–Crippen MR) is 110 cm³/mol. The molecule has 3 rings (SSSR count). The first-order chi connectivity index (χ1) is 14.3. The molecule has 0 bridgehead atoms. The Labute approximate surface area is 171 Å². The minimum Gasteiger partial charge on any atom is -0.453 e. The van der Waals surface area contributed by atoms with E-state index in [-0.39, 0.29) is 18.4 Å². The van der Waals surface area contributed by atoms with Crippen molar-refractivity contribution in [2.45, 2.75) is 25.9 Å². The van der Waals surface area contributed by atoms with Crippen LogP contribution in [0.4, 0.5) is 5.69 Å². The van der Waals surface area contributed by atoms with Crippen LogP contribution in [0.1, 0.15) is 29.5 Å². The molecule has 0 saturated heterocycles. The summed E-state index contributed by atoms with van der Waals surface area (Å²) in [4.78, 5) is 54.4. The second-order valence-corrected chi connectivity index (χ2v) is 6.59. The molecule has 0 spiro atoms. The number of H-pyrrole nitrogens is 1. The highest BCUT2D eigenvalue weighted by atomic mass is 16.5. The molecule has 4 N–H and O–H groups in total. The number of aromatic nitrogens is 2. The van der Waals surface area contributed by atoms with E-state index < -0.39 is 23.9 Å². The fourth-order valence-electron chi connectivity index (χ4n) is 2.75. The summed E-state index contributed by atoms with van der Waals surface area (Å²) in [6.45, 7) is 1.45. The van der Waals surface area contributed by atoms with Gasteiger partial charge >= 0.3 is 5.97 Å². The number of nitrogens with one attached hydrogen (secondary N) is 2. The topological polar surface area (TPSA) is 144 Å². The van der Waals surface area contributed by atoms with Gasteiger partial charge in [-0.05, 0) is 43.3 Å². The summed E-state index contributed by atoms with van der Waals surface area (Å²) in [5.41, 5.74) is 6.18. The Morgan fingerprint density at radius 1 is 1.13 bits per heavy atom. The molecule has 0 aliphatic carbocycles. The quantitative estimate of drug-likeness (QED) is 0.506. The number of esters is 1. The van der Waals surface area contributed by atoms with Gasteiger partial charge in [-0.3, -0.25) is 19.2 Å². The van der Waals surface area contributed by atoms with E-state index >= 15 is 0 Å². The molecule has 2 aromatic carbocycles. The Kier molecular flexibility index (Phi) is 6.21. The van der Waals surface area contributed by atoms with Crippen molar-refractivity contribution in [3.05, 3.63) is 70.3 Å². The number of ether oxygens (including phenoxy) is 1. The molecule has 3 aromatic rings. The first-order valence-corrected chi connectivity index (χ1v) is 9.21. The van der Waals surface area contributed by atoms with E-state index in [4.69, 9.17) is 10.5 Å². The van der Waals surface area contributed by atoms with Gasteiger partial charge in [0.25, 0.3) is 11.5 Å². The number of nitrogens with zero attached hydrogens (tertiary/aromatic N) is 1. The molecule has 9 heteroatoms. The lowest BCUT2D eigenvalue weighted by Gasteiger charge is -2.13. The van der Waals surface area contributed by atoms with E-state index in [0.29, 0.717) is 28.0 Å². The molecule has 0 aliphatic heterocycles. The van der Waals surface area contributed by atoms with Gasteiger partial charge in [-0.2, -0.15) is 0 Å². The van der Waals surface area contributed by atoms with Crippen LogP contribution in [0.5, 0.6) is 0 Å². The third-order valence-electron chi connectivity index (χ3n) is 4.34. The monoisotopic (exact) mass is 408 g/mol. The number of aryl methyl sites for hydroxylation is 1. The van der Waals surface area contributed by atoms with E-state index in [2.05, 4.69) is 15.3 Å². The summed E-state index contributed by atoms with van der Waals surface area (Å²) in [5, 5.41) is 3.06. The third kappa shape index (κ3) is 5.07. The lowest BCUT2D eigenvalue weighted by molar-refractivity contribution is -0.153.